The highest BCUT2D eigenvalue weighted by Gasteiger charge is 2.09. The van der Waals surface area contributed by atoms with E-state index >= 15 is 0 Å². The van der Waals surface area contributed by atoms with Gasteiger partial charge in [-0.3, -0.25) is 14.4 Å². The van der Waals surface area contributed by atoms with Crippen molar-refractivity contribution >= 4 is 23.2 Å². The molecule has 0 aliphatic heterocycles. The van der Waals surface area contributed by atoms with Crippen LogP contribution in [0.15, 0.2) is 48.5 Å². The van der Waals surface area contributed by atoms with E-state index in [4.69, 9.17) is 4.74 Å². The summed E-state index contributed by atoms with van der Waals surface area (Å²) in [6.07, 6.45) is 1.71. The van der Waals surface area contributed by atoms with Gasteiger partial charge in [0.05, 0.1) is 0 Å². The molecule has 0 bridgehead atoms. The van der Waals surface area contributed by atoms with E-state index in [-0.39, 0.29) is 24.1 Å². The van der Waals surface area contributed by atoms with E-state index in [2.05, 4.69) is 5.32 Å². The summed E-state index contributed by atoms with van der Waals surface area (Å²) in [6.45, 7) is 3.66. The maximum atomic E-state index is 12.2. The number of hydrogen-bond donors (Lipinski definition) is 1. The monoisotopic (exact) mass is 353 g/mol. The first-order valence-corrected chi connectivity index (χ1v) is 8.72. The molecule has 0 atom stereocenters. The largest absolute Gasteiger partial charge is 0.485 e. The molecule has 26 heavy (non-hydrogen) atoms. The SMILES string of the molecule is CCCC(=O)Nc1ccc(C(=O)COc2ccc(C(=O)CC)cc2)cc1. The zero-order valence-corrected chi connectivity index (χ0v) is 15.1. The lowest BCUT2D eigenvalue weighted by Crippen LogP contribution is -2.13. The van der Waals surface area contributed by atoms with E-state index in [0.29, 0.717) is 35.4 Å². The number of Topliss-reactive ketones (excluding diaryl/α,β-unsaturated/α-hetero) is 2. The van der Waals surface area contributed by atoms with Crippen molar-refractivity contribution in [2.45, 2.75) is 33.1 Å². The van der Waals surface area contributed by atoms with Gasteiger partial charge in [-0.25, -0.2) is 0 Å². The zero-order chi connectivity index (χ0) is 18.9. The molecule has 5 nitrogen and oxygen atoms in total. The summed E-state index contributed by atoms with van der Waals surface area (Å²) < 4.78 is 5.49. The van der Waals surface area contributed by atoms with Crippen molar-refractivity contribution < 1.29 is 19.1 Å². The van der Waals surface area contributed by atoms with Crippen molar-refractivity contribution in [2.24, 2.45) is 0 Å². The van der Waals surface area contributed by atoms with E-state index in [1.807, 2.05) is 13.8 Å². The minimum atomic E-state index is -0.162. The number of carbonyl (C=O) groups is 3. The van der Waals surface area contributed by atoms with Gasteiger partial charge in [0.25, 0.3) is 0 Å². The molecule has 0 aliphatic rings. The molecule has 5 heteroatoms. The molecule has 0 aliphatic carbocycles. The second kappa shape index (κ2) is 9.51. The number of rotatable bonds is 9. The predicted octanol–water partition coefficient (Wildman–Crippen LogP) is 4.28. The van der Waals surface area contributed by atoms with Gasteiger partial charge in [0.1, 0.15) is 5.75 Å². The average Bonchev–Trinajstić information content (AvgIpc) is 2.66. The Morgan fingerprint density at radius 2 is 1.42 bits per heavy atom. The van der Waals surface area contributed by atoms with E-state index in [0.717, 1.165) is 6.42 Å². The van der Waals surface area contributed by atoms with Crippen molar-refractivity contribution in [1.82, 2.24) is 0 Å². The Balaban J connectivity index is 1.89. The van der Waals surface area contributed by atoms with E-state index < -0.39 is 0 Å². The lowest BCUT2D eigenvalue weighted by atomic mass is 10.1. The smallest absolute Gasteiger partial charge is 0.224 e. The molecule has 0 heterocycles. The number of ether oxygens (including phenoxy) is 1. The maximum absolute atomic E-state index is 12.2. The van der Waals surface area contributed by atoms with Crippen molar-refractivity contribution in [1.29, 1.82) is 0 Å². The molecule has 1 amide bonds. The highest BCUT2D eigenvalue weighted by molar-refractivity contribution is 5.98. The van der Waals surface area contributed by atoms with Gasteiger partial charge in [0.2, 0.25) is 5.91 Å². The first-order valence-electron chi connectivity index (χ1n) is 8.72. The Labute approximate surface area is 153 Å². The standard InChI is InChI=1S/C21H23NO4/c1-3-5-21(25)22-17-10-6-16(7-11-17)20(24)14-26-18-12-8-15(9-13-18)19(23)4-2/h6-13H,3-5,14H2,1-2H3,(H,22,25). The normalized spacial score (nSPS) is 10.2. The number of nitrogens with one attached hydrogen (secondary N) is 1. The quantitative estimate of drug-likeness (QED) is 0.683. The van der Waals surface area contributed by atoms with Crippen LogP contribution in [0.2, 0.25) is 0 Å². The van der Waals surface area contributed by atoms with Gasteiger partial charge in [-0.2, -0.15) is 0 Å². The molecule has 0 aromatic heterocycles. The van der Waals surface area contributed by atoms with Crippen LogP contribution in [0.25, 0.3) is 0 Å². The molecule has 0 radical (unpaired) electrons. The minimum absolute atomic E-state index is 0.0417. The van der Waals surface area contributed by atoms with Gasteiger partial charge in [-0.1, -0.05) is 13.8 Å². The van der Waals surface area contributed by atoms with E-state index in [1.165, 1.54) is 0 Å². The fourth-order valence-corrected chi connectivity index (χ4v) is 2.36. The third-order valence-corrected chi connectivity index (χ3v) is 3.84. The Kier molecular flexibility index (Phi) is 7.09. The van der Waals surface area contributed by atoms with Crippen LogP contribution >= 0.6 is 0 Å². The number of ketones is 2. The molecule has 0 fully saturated rings. The number of hydrogen-bond acceptors (Lipinski definition) is 4. The summed E-state index contributed by atoms with van der Waals surface area (Å²) in [4.78, 5) is 35.4. The highest BCUT2D eigenvalue weighted by Crippen LogP contribution is 2.15. The summed E-state index contributed by atoms with van der Waals surface area (Å²) >= 11 is 0. The van der Waals surface area contributed by atoms with Crippen LogP contribution < -0.4 is 10.1 Å². The molecule has 0 saturated heterocycles. The number of benzene rings is 2. The molecule has 2 aromatic rings. The Morgan fingerprint density at radius 1 is 0.846 bits per heavy atom. The molecule has 1 N–H and O–H groups in total. The van der Waals surface area contributed by atoms with Crippen LogP contribution in [0.3, 0.4) is 0 Å². The minimum Gasteiger partial charge on any atom is -0.485 e. The maximum Gasteiger partial charge on any atom is 0.224 e. The molecular weight excluding hydrogens is 330 g/mol. The van der Waals surface area contributed by atoms with Gasteiger partial charge in [-0.15, -0.1) is 0 Å². The highest BCUT2D eigenvalue weighted by atomic mass is 16.5. The van der Waals surface area contributed by atoms with Gasteiger partial charge in [0, 0.05) is 29.7 Å². The van der Waals surface area contributed by atoms with E-state index in [1.54, 1.807) is 48.5 Å². The van der Waals surface area contributed by atoms with Crippen molar-refractivity contribution in [3.63, 3.8) is 0 Å². The van der Waals surface area contributed by atoms with Crippen LogP contribution in [0.4, 0.5) is 5.69 Å². The van der Waals surface area contributed by atoms with Crippen molar-refractivity contribution in [2.75, 3.05) is 11.9 Å². The topological polar surface area (TPSA) is 72.5 Å². The molecule has 2 rings (SSSR count). The van der Waals surface area contributed by atoms with Crippen molar-refractivity contribution in [3.05, 3.63) is 59.7 Å². The van der Waals surface area contributed by atoms with Crippen LogP contribution in [0, 0.1) is 0 Å². The van der Waals surface area contributed by atoms with Crippen LogP contribution in [0.1, 0.15) is 53.8 Å². The third-order valence-electron chi connectivity index (χ3n) is 3.84. The molecule has 2 aromatic carbocycles. The lowest BCUT2D eigenvalue weighted by molar-refractivity contribution is -0.116. The first kappa shape index (κ1) is 19.4. The third kappa shape index (κ3) is 5.55. The van der Waals surface area contributed by atoms with Gasteiger partial charge in [0.15, 0.2) is 18.2 Å². The number of anilines is 1. The first-order chi connectivity index (χ1) is 12.5. The molecular formula is C21H23NO4. The van der Waals surface area contributed by atoms with Crippen LogP contribution in [-0.2, 0) is 4.79 Å². The van der Waals surface area contributed by atoms with Crippen LogP contribution in [0.5, 0.6) is 5.75 Å². The Hall–Kier alpha value is -2.95. The van der Waals surface area contributed by atoms with Crippen molar-refractivity contribution in [3.8, 4) is 5.75 Å². The second-order valence-electron chi connectivity index (χ2n) is 5.89. The molecule has 136 valence electrons. The van der Waals surface area contributed by atoms with Gasteiger partial charge in [-0.05, 0) is 55.0 Å². The number of amides is 1. The second-order valence-corrected chi connectivity index (χ2v) is 5.89. The van der Waals surface area contributed by atoms with Gasteiger partial charge < -0.3 is 10.1 Å². The predicted molar refractivity (Wildman–Crippen MR) is 101 cm³/mol. The summed E-state index contributed by atoms with van der Waals surface area (Å²) in [5.74, 6) is 0.401. The molecule has 0 unspecified atom stereocenters. The Morgan fingerprint density at radius 3 is 2.00 bits per heavy atom. The zero-order valence-electron chi connectivity index (χ0n) is 15.1. The number of carbonyl (C=O) groups excluding carboxylic acids is 3. The fraction of sp³-hybridized carbons (Fsp3) is 0.286. The van der Waals surface area contributed by atoms with E-state index in [9.17, 15) is 14.4 Å². The summed E-state index contributed by atoms with van der Waals surface area (Å²) in [5.41, 5.74) is 1.81. The fourth-order valence-electron chi connectivity index (χ4n) is 2.36. The summed E-state index contributed by atoms with van der Waals surface area (Å²) in [7, 11) is 0. The Bertz CT molecular complexity index is 764. The average molecular weight is 353 g/mol. The molecule has 0 saturated carbocycles. The molecule has 0 spiro atoms. The summed E-state index contributed by atoms with van der Waals surface area (Å²) in [6, 6.07) is 13.5. The summed E-state index contributed by atoms with van der Waals surface area (Å²) in [5, 5.41) is 2.78. The lowest BCUT2D eigenvalue weighted by Gasteiger charge is -2.08. The van der Waals surface area contributed by atoms with Gasteiger partial charge >= 0.3 is 0 Å². The van der Waals surface area contributed by atoms with Crippen LogP contribution in [-0.4, -0.2) is 24.1 Å².